The number of carbonyl (C=O) groups excluding carboxylic acids is 2. The van der Waals surface area contributed by atoms with Crippen LogP contribution < -0.4 is 15.4 Å². The Bertz CT molecular complexity index is 584. The lowest BCUT2D eigenvalue weighted by atomic mass is 10.1. The maximum atomic E-state index is 11.4. The summed E-state index contributed by atoms with van der Waals surface area (Å²) in [7, 11) is 0. The van der Waals surface area contributed by atoms with Gasteiger partial charge in [0.05, 0.1) is 11.7 Å². The minimum atomic E-state index is -0.326. The molecule has 0 aromatic heterocycles. The SMILES string of the molecule is CC#CC(=O)NC(C)c1ccc2c(c1)NC(=O)CO2. The van der Waals surface area contributed by atoms with Gasteiger partial charge in [0.15, 0.2) is 6.61 Å². The van der Waals surface area contributed by atoms with Gasteiger partial charge in [-0.2, -0.15) is 0 Å². The first-order valence-electron chi connectivity index (χ1n) is 5.90. The standard InChI is InChI=1S/C14H14N2O3/c1-3-4-13(17)15-9(2)10-5-6-12-11(7-10)16-14(18)8-19-12/h5-7,9H,8H2,1-2H3,(H,15,17)(H,16,18). The number of rotatable bonds is 2. The van der Waals surface area contributed by atoms with Gasteiger partial charge in [-0.1, -0.05) is 12.0 Å². The zero-order valence-corrected chi connectivity index (χ0v) is 10.7. The highest BCUT2D eigenvalue weighted by Gasteiger charge is 2.17. The molecular formula is C14H14N2O3. The van der Waals surface area contributed by atoms with E-state index in [4.69, 9.17) is 4.74 Å². The number of fused-ring (bicyclic) bond motifs is 1. The van der Waals surface area contributed by atoms with Crippen LogP contribution in [0.4, 0.5) is 5.69 Å². The Morgan fingerprint density at radius 1 is 1.53 bits per heavy atom. The van der Waals surface area contributed by atoms with Gasteiger partial charge in [-0.3, -0.25) is 9.59 Å². The predicted octanol–water partition coefficient (Wildman–Crippen LogP) is 1.22. The summed E-state index contributed by atoms with van der Waals surface area (Å²) in [6.45, 7) is 3.49. The highest BCUT2D eigenvalue weighted by atomic mass is 16.5. The Balaban J connectivity index is 2.16. The van der Waals surface area contributed by atoms with E-state index in [0.29, 0.717) is 11.4 Å². The van der Waals surface area contributed by atoms with Crippen LogP contribution in [0.1, 0.15) is 25.5 Å². The van der Waals surface area contributed by atoms with Crippen molar-refractivity contribution in [3.8, 4) is 17.6 Å². The van der Waals surface area contributed by atoms with Gasteiger partial charge >= 0.3 is 0 Å². The lowest BCUT2D eigenvalue weighted by Gasteiger charge is -2.20. The smallest absolute Gasteiger partial charge is 0.296 e. The van der Waals surface area contributed by atoms with Crippen molar-refractivity contribution < 1.29 is 14.3 Å². The van der Waals surface area contributed by atoms with Crippen LogP contribution in [0.15, 0.2) is 18.2 Å². The van der Waals surface area contributed by atoms with Crippen LogP contribution in [0.3, 0.4) is 0 Å². The largest absolute Gasteiger partial charge is 0.482 e. The van der Waals surface area contributed by atoms with Crippen molar-refractivity contribution in [1.82, 2.24) is 5.32 Å². The third kappa shape index (κ3) is 3.05. The van der Waals surface area contributed by atoms with E-state index in [-0.39, 0.29) is 24.5 Å². The summed E-state index contributed by atoms with van der Waals surface area (Å²) in [5.74, 6) is 5.09. The maximum Gasteiger partial charge on any atom is 0.296 e. The van der Waals surface area contributed by atoms with Crippen LogP contribution in [0.25, 0.3) is 0 Å². The van der Waals surface area contributed by atoms with Crippen LogP contribution >= 0.6 is 0 Å². The van der Waals surface area contributed by atoms with Crippen LogP contribution in [0, 0.1) is 11.8 Å². The molecule has 2 rings (SSSR count). The minimum Gasteiger partial charge on any atom is -0.482 e. The summed E-state index contributed by atoms with van der Waals surface area (Å²) in [6.07, 6.45) is 0. The maximum absolute atomic E-state index is 11.4. The molecular weight excluding hydrogens is 244 g/mol. The summed E-state index contributed by atoms with van der Waals surface area (Å²) < 4.78 is 5.27. The summed E-state index contributed by atoms with van der Waals surface area (Å²) in [5.41, 5.74) is 1.49. The quantitative estimate of drug-likeness (QED) is 0.784. The molecule has 2 N–H and O–H groups in total. The number of hydrogen-bond donors (Lipinski definition) is 2. The van der Waals surface area contributed by atoms with Crippen molar-refractivity contribution >= 4 is 17.5 Å². The highest BCUT2D eigenvalue weighted by Crippen LogP contribution is 2.30. The molecule has 98 valence electrons. The van der Waals surface area contributed by atoms with Crippen molar-refractivity contribution in [1.29, 1.82) is 0 Å². The third-order valence-electron chi connectivity index (χ3n) is 2.72. The molecule has 0 fully saturated rings. The molecule has 0 aliphatic carbocycles. The normalized spacial score (nSPS) is 14.1. The first-order valence-corrected chi connectivity index (χ1v) is 5.90. The molecule has 1 aliphatic rings. The zero-order valence-electron chi connectivity index (χ0n) is 10.7. The molecule has 0 saturated carbocycles. The molecule has 1 aromatic carbocycles. The summed E-state index contributed by atoms with van der Waals surface area (Å²) in [4.78, 5) is 22.6. The zero-order chi connectivity index (χ0) is 13.8. The van der Waals surface area contributed by atoms with E-state index in [1.165, 1.54) is 0 Å². The average molecular weight is 258 g/mol. The van der Waals surface area contributed by atoms with Crippen LogP contribution in [0.2, 0.25) is 0 Å². The van der Waals surface area contributed by atoms with E-state index in [0.717, 1.165) is 5.56 Å². The van der Waals surface area contributed by atoms with E-state index in [1.54, 1.807) is 19.1 Å². The fourth-order valence-electron chi connectivity index (χ4n) is 1.80. The van der Waals surface area contributed by atoms with Gasteiger partial charge < -0.3 is 15.4 Å². The van der Waals surface area contributed by atoms with Gasteiger partial charge in [0.25, 0.3) is 11.8 Å². The van der Waals surface area contributed by atoms with Gasteiger partial charge in [-0.05, 0) is 37.5 Å². The van der Waals surface area contributed by atoms with Crippen molar-refractivity contribution in [2.24, 2.45) is 0 Å². The Hall–Kier alpha value is -2.48. The van der Waals surface area contributed by atoms with Crippen molar-refractivity contribution in [3.63, 3.8) is 0 Å². The Kier molecular flexibility index (Phi) is 3.71. The lowest BCUT2D eigenvalue weighted by Crippen LogP contribution is -2.27. The fourth-order valence-corrected chi connectivity index (χ4v) is 1.80. The van der Waals surface area contributed by atoms with E-state index in [9.17, 15) is 9.59 Å². The lowest BCUT2D eigenvalue weighted by molar-refractivity contribution is -0.118. The molecule has 0 spiro atoms. The molecule has 2 amide bonds. The topological polar surface area (TPSA) is 67.4 Å². The first kappa shape index (κ1) is 13.0. The molecule has 0 radical (unpaired) electrons. The molecule has 1 aromatic rings. The Labute approximate surface area is 111 Å². The van der Waals surface area contributed by atoms with Crippen molar-refractivity contribution in [2.75, 3.05) is 11.9 Å². The molecule has 1 unspecified atom stereocenters. The van der Waals surface area contributed by atoms with Crippen molar-refractivity contribution in [3.05, 3.63) is 23.8 Å². The first-order chi connectivity index (χ1) is 9.10. The number of hydrogen-bond acceptors (Lipinski definition) is 3. The molecule has 5 nitrogen and oxygen atoms in total. The van der Waals surface area contributed by atoms with Gasteiger partial charge in [0.1, 0.15) is 5.75 Å². The molecule has 1 atom stereocenters. The predicted molar refractivity (Wildman–Crippen MR) is 70.6 cm³/mol. The van der Waals surface area contributed by atoms with Crippen LogP contribution in [0.5, 0.6) is 5.75 Å². The second-order valence-electron chi connectivity index (χ2n) is 4.16. The van der Waals surface area contributed by atoms with Crippen molar-refractivity contribution in [2.45, 2.75) is 19.9 Å². The van der Waals surface area contributed by atoms with Gasteiger partial charge in [-0.25, -0.2) is 0 Å². The highest BCUT2D eigenvalue weighted by molar-refractivity contribution is 5.95. The van der Waals surface area contributed by atoms with E-state index >= 15 is 0 Å². The van der Waals surface area contributed by atoms with Gasteiger partial charge in [0.2, 0.25) is 0 Å². The third-order valence-corrected chi connectivity index (χ3v) is 2.72. The van der Waals surface area contributed by atoms with Crippen LogP contribution in [-0.2, 0) is 9.59 Å². The van der Waals surface area contributed by atoms with Gasteiger partial charge in [0, 0.05) is 0 Å². The summed E-state index contributed by atoms with van der Waals surface area (Å²) in [6, 6.07) is 5.22. The summed E-state index contributed by atoms with van der Waals surface area (Å²) >= 11 is 0. The number of ether oxygens (including phenoxy) is 1. The second kappa shape index (κ2) is 5.44. The Morgan fingerprint density at radius 2 is 2.32 bits per heavy atom. The molecule has 0 saturated heterocycles. The van der Waals surface area contributed by atoms with Gasteiger partial charge in [-0.15, -0.1) is 0 Å². The number of anilines is 1. The van der Waals surface area contributed by atoms with E-state index in [2.05, 4.69) is 22.5 Å². The number of benzene rings is 1. The summed E-state index contributed by atoms with van der Waals surface area (Å²) in [5, 5.41) is 5.48. The number of nitrogens with one attached hydrogen (secondary N) is 2. The molecule has 0 bridgehead atoms. The van der Waals surface area contributed by atoms with E-state index < -0.39 is 0 Å². The van der Waals surface area contributed by atoms with Crippen LogP contribution in [-0.4, -0.2) is 18.4 Å². The molecule has 1 aliphatic heterocycles. The Morgan fingerprint density at radius 3 is 3.05 bits per heavy atom. The monoisotopic (exact) mass is 258 g/mol. The van der Waals surface area contributed by atoms with E-state index in [1.807, 2.05) is 13.0 Å². The average Bonchev–Trinajstić information content (AvgIpc) is 2.38. The molecule has 19 heavy (non-hydrogen) atoms. The molecule has 1 heterocycles. The number of amides is 2. The fraction of sp³-hybridized carbons (Fsp3) is 0.286. The number of carbonyl (C=O) groups is 2. The second-order valence-corrected chi connectivity index (χ2v) is 4.16. The minimum absolute atomic E-state index is 0.0325. The molecule has 5 heteroatoms.